The number of hydrogen-bond donors (Lipinski definition) is 2. The van der Waals surface area contributed by atoms with Gasteiger partial charge in [-0.1, -0.05) is 32.9 Å². The fourth-order valence-electron chi connectivity index (χ4n) is 2.09. The lowest BCUT2D eigenvalue weighted by Crippen LogP contribution is -2.27. The molecule has 0 heterocycles. The minimum Gasteiger partial charge on any atom is -0.326 e. The summed E-state index contributed by atoms with van der Waals surface area (Å²) in [6.07, 6.45) is -4.80. The smallest absolute Gasteiger partial charge is 0.326 e. The summed E-state index contributed by atoms with van der Waals surface area (Å²) in [4.78, 5) is 11.1. The summed E-state index contributed by atoms with van der Waals surface area (Å²) < 4.78 is 66.0. The van der Waals surface area contributed by atoms with Crippen LogP contribution in [0.25, 0.3) is 0 Å². The van der Waals surface area contributed by atoms with Crippen molar-refractivity contribution in [2.75, 3.05) is 10.0 Å². The molecule has 0 fully saturated rings. The highest BCUT2D eigenvalue weighted by molar-refractivity contribution is 7.92. The highest BCUT2D eigenvalue weighted by Gasteiger charge is 2.36. The second-order valence-electron chi connectivity index (χ2n) is 6.88. The third-order valence-corrected chi connectivity index (χ3v) is 5.00. The molecular weight excluding hydrogens is 381 g/mol. The minimum absolute atomic E-state index is 0.0701. The van der Waals surface area contributed by atoms with Gasteiger partial charge in [0.05, 0.1) is 10.5 Å². The van der Waals surface area contributed by atoms with Crippen LogP contribution >= 0.6 is 0 Å². The van der Waals surface area contributed by atoms with Crippen LogP contribution in [0.5, 0.6) is 0 Å². The second-order valence-corrected chi connectivity index (χ2v) is 8.53. The first-order valence-electron chi connectivity index (χ1n) is 7.91. The minimum atomic E-state index is -4.80. The van der Waals surface area contributed by atoms with Crippen molar-refractivity contribution in [3.63, 3.8) is 0 Å². The Labute approximate surface area is 155 Å². The first kappa shape index (κ1) is 20.8. The lowest BCUT2D eigenvalue weighted by molar-refractivity contribution is -0.139. The van der Waals surface area contributed by atoms with Gasteiger partial charge in [0, 0.05) is 16.8 Å². The number of halogens is 3. The van der Waals surface area contributed by atoms with Crippen molar-refractivity contribution in [2.45, 2.75) is 31.8 Å². The van der Waals surface area contributed by atoms with Crippen molar-refractivity contribution in [2.24, 2.45) is 5.41 Å². The van der Waals surface area contributed by atoms with Gasteiger partial charge in [0.1, 0.15) is 0 Å². The van der Waals surface area contributed by atoms with Crippen LogP contribution in [0.2, 0.25) is 0 Å². The summed E-state index contributed by atoms with van der Waals surface area (Å²) in [6.45, 7) is 5.22. The predicted octanol–water partition coefficient (Wildman–Crippen LogP) is 4.49. The fraction of sp³-hybridized carbons (Fsp3) is 0.278. The lowest BCUT2D eigenvalue weighted by Gasteiger charge is -2.18. The van der Waals surface area contributed by atoms with E-state index in [9.17, 15) is 26.4 Å². The topological polar surface area (TPSA) is 75.3 Å². The molecule has 146 valence electrons. The number of carbonyl (C=O) groups excluding carboxylic acids is 1. The van der Waals surface area contributed by atoms with Crippen molar-refractivity contribution in [3.05, 3.63) is 54.1 Å². The van der Waals surface area contributed by atoms with Gasteiger partial charge in [0.2, 0.25) is 5.91 Å². The van der Waals surface area contributed by atoms with Gasteiger partial charge in [0.25, 0.3) is 10.0 Å². The number of hydrogen-bond acceptors (Lipinski definition) is 3. The van der Waals surface area contributed by atoms with E-state index in [0.717, 1.165) is 12.1 Å². The summed E-state index contributed by atoms with van der Waals surface area (Å²) >= 11 is 0. The van der Waals surface area contributed by atoms with E-state index in [1.165, 1.54) is 30.3 Å². The second kappa shape index (κ2) is 7.22. The van der Waals surface area contributed by atoms with Crippen molar-refractivity contribution >= 4 is 27.3 Å². The van der Waals surface area contributed by atoms with Gasteiger partial charge in [-0.3, -0.25) is 9.52 Å². The molecule has 2 N–H and O–H groups in total. The molecule has 0 aliphatic heterocycles. The lowest BCUT2D eigenvalue weighted by atomic mass is 9.95. The Hall–Kier alpha value is -2.55. The van der Waals surface area contributed by atoms with Crippen LogP contribution in [0.1, 0.15) is 26.3 Å². The number of sulfonamides is 1. The zero-order chi connectivity index (χ0) is 20.5. The third kappa shape index (κ3) is 5.22. The summed E-state index contributed by atoms with van der Waals surface area (Å²) in [7, 11) is -4.44. The number of anilines is 2. The third-order valence-electron chi connectivity index (χ3n) is 3.56. The molecule has 0 aromatic heterocycles. The van der Waals surface area contributed by atoms with Crippen molar-refractivity contribution in [3.8, 4) is 0 Å². The van der Waals surface area contributed by atoms with E-state index in [1.54, 1.807) is 20.8 Å². The zero-order valence-electron chi connectivity index (χ0n) is 14.9. The van der Waals surface area contributed by atoms with E-state index in [1.807, 2.05) is 0 Å². The van der Waals surface area contributed by atoms with Crippen LogP contribution < -0.4 is 10.0 Å². The first-order valence-corrected chi connectivity index (χ1v) is 9.39. The molecule has 0 unspecified atom stereocenters. The highest BCUT2D eigenvalue weighted by atomic mass is 32.2. The monoisotopic (exact) mass is 400 g/mol. The maximum absolute atomic E-state index is 13.1. The number of amides is 1. The van der Waals surface area contributed by atoms with Gasteiger partial charge < -0.3 is 5.32 Å². The van der Waals surface area contributed by atoms with Gasteiger partial charge in [-0.15, -0.1) is 0 Å². The Morgan fingerprint density at radius 3 is 1.93 bits per heavy atom. The van der Waals surface area contributed by atoms with E-state index in [4.69, 9.17) is 0 Å². The fourth-order valence-corrected chi connectivity index (χ4v) is 3.37. The molecule has 1 amide bonds. The maximum Gasteiger partial charge on any atom is 0.417 e. The van der Waals surface area contributed by atoms with E-state index < -0.39 is 32.1 Å². The van der Waals surface area contributed by atoms with Crippen LogP contribution in [0, 0.1) is 5.41 Å². The number of benzene rings is 2. The van der Waals surface area contributed by atoms with E-state index in [2.05, 4.69) is 10.0 Å². The summed E-state index contributed by atoms with van der Waals surface area (Å²) in [5.74, 6) is -0.227. The van der Waals surface area contributed by atoms with Crippen LogP contribution in [0.4, 0.5) is 24.5 Å². The molecular formula is C18H19F3N2O3S. The van der Waals surface area contributed by atoms with Gasteiger partial charge in [-0.2, -0.15) is 13.2 Å². The number of carbonyl (C=O) groups is 1. The number of rotatable bonds is 4. The Balaban J connectivity index is 2.24. The summed E-state index contributed by atoms with van der Waals surface area (Å²) in [5, 5.41) is 2.67. The Bertz CT molecular complexity index is 932. The molecule has 0 radical (unpaired) electrons. The van der Waals surface area contributed by atoms with Crippen molar-refractivity contribution < 1.29 is 26.4 Å². The average Bonchev–Trinajstić information content (AvgIpc) is 2.55. The molecule has 0 spiro atoms. The molecule has 0 aliphatic rings. The SMILES string of the molecule is CC(C)(C)C(=O)Nc1ccc(NS(=O)(=O)c2ccccc2C(F)(F)F)cc1. The molecule has 27 heavy (non-hydrogen) atoms. The zero-order valence-corrected chi connectivity index (χ0v) is 15.7. The normalized spacial score (nSPS) is 12.5. The average molecular weight is 400 g/mol. The van der Waals surface area contributed by atoms with Crippen LogP contribution in [0.15, 0.2) is 53.4 Å². The van der Waals surface area contributed by atoms with Gasteiger partial charge in [0.15, 0.2) is 0 Å². The van der Waals surface area contributed by atoms with Crippen molar-refractivity contribution in [1.82, 2.24) is 0 Å². The summed E-state index contributed by atoms with van der Waals surface area (Å²) in [5.41, 5.74) is -1.34. The molecule has 0 atom stereocenters. The molecule has 0 saturated heterocycles. The molecule has 0 aliphatic carbocycles. The molecule has 9 heteroatoms. The maximum atomic E-state index is 13.1. The Morgan fingerprint density at radius 1 is 0.889 bits per heavy atom. The first-order chi connectivity index (χ1) is 12.3. The van der Waals surface area contributed by atoms with Gasteiger partial charge >= 0.3 is 6.18 Å². The van der Waals surface area contributed by atoms with E-state index in [0.29, 0.717) is 11.8 Å². The highest BCUT2D eigenvalue weighted by Crippen LogP contribution is 2.34. The quantitative estimate of drug-likeness (QED) is 0.794. The predicted molar refractivity (Wildman–Crippen MR) is 96.8 cm³/mol. The Kier molecular flexibility index (Phi) is 5.55. The molecule has 0 saturated carbocycles. The molecule has 2 aromatic rings. The van der Waals surface area contributed by atoms with Crippen LogP contribution in [-0.2, 0) is 21.0 Å². The summed E-state index contributed by atoms with van der Waals surface area (Å²) in [6, 6.07) is 9.55. The molecule has 2 aromatic carbocycles. The van der Waals surface area contributed by atoms with Gasteiger partial charge in [-0.05, 0) is 36.4 Å². The Morgan fingerprint density at radius 2 is 1.41 bits per heavy atom. The van der Waals surface area contributed by atoms with Crippen molar-refractivity contribution in [1.29, 1.82) is 0 Å². The molecule has 0 bridgehead atoms. The largest absolute Gasteiger partial charge is 0.417 e. The standard InChI is InChI=1S/C18H19F3N2O3S/c1-17(2,3)16(24)22-12-8-10-13(11-9-12)23-27(25,26)15-7-5-4-6-14(15)18(19,20)21/h4-11,23H,1-3H3,(H,22,24). The molecule has 5 nitrogen and oxygen atoms in total. The van der Waals surface area contributed by atoms with E-state index in [-0.39, 0.29) is 11.6 Å². The van der Waals surface area contributed by atoms with Crippen LogP contribution in [-0.4, -0.2) is 14.3 Å². The van der Waals surface area contributed by atoms with E-state index >= 15 is 0 Å². The number of alkyl halides is 3. The van der Waals surface area contributed by atoms with Gasteiger partial charge in [-0.25, -0.2) is 8.42 Å². The van der Waals surface area contributed by atoms with Crippen LogP contribution in [0.3, 0.4) is 0 Å². The molecule has 2 rings (SSSR count). The number of nitrogens with one attached hydrogen (secondary N) is 2.